The minimum Gasteiger partial charge on any atom is -0.388 e. The summed E-state index contributed by atoms with van der Waals surface area (Å²) in [7, 11) is 0. The molecular formula is C16H23N3O5. The number of amides is 1. The number of ketones is 1. The van der Waals surface area contributed by atoms with Gasteiger partial charge in [0.1, 0.15) is 18.3 Å². The molecule has 0 spiro atoms. The predicted octanol–water partition coefficient (Wildman–Crippen LogP) is -0.264. The summed E-state index contributed by atoms with van der Waals surface area (Å²) in [5.74, 6) is -0.155. The number of carbonyl (C=O) groups is 2. The Balaban J connectivity index is 1.55. The number of Topliss-reactive ketones (excluding diaryl/α,β-unsaturated/α-hetero) is 1. The van der Waals surface area contributed by atoms with Gasteiger partial charge in [0.2, 0.25) is 5.91 Å². The fourth-order valence-corrected chi connectivity index (χ4v) is 3.51. The molecule has 1 amide bonds. The van der Waals surface area contributed by atoms with Crippen LogP contribution in [0.5, 0.6) is 0 Å². The molecule has 24 heavy (non-hydrogen) atoms. The van der Waals surface area contributed by atoms with Gasteiger partial charge in [-0.1, -0.05) is 0 Å². The summed E-state index contributed by atoms with van der Waals surface area (Å²) in [6.07, 6.45) is -1.03. The molecule has 0 bridgehead atoms. The number of nitrogens with one attached hydrogen (secondary N) is 1. The van der Waals surface area contributed by atoms with E-state index in [9.17, 15) is 14.7 Å². The molecule has 0 saturated carbocycles. The van der Waals surface area contributed by atoms with Gasteiger partial charge in [-0.15, -0.1) is 0 Å². The Hall–Kier alpha value is -1.77. The molecule has 2 aliphatic heterocycles. The van der Waals surface area contributed by atoms with Crippen molar-refractivity contribution in [1.29, 1.82) is 0 Å². The normalized spacial score (nSPS) is 28.8. The van der Waals surface area contributed by atoms with E-state index in [2.05, 4.69) is 10.4 Å². The quantitative estimate of drug-likeness (QED) is 0.718. The van der Waals surface area contributed by atoms with Crippen LogP contribution in [0.4, 0.5) is 0 Å². The number of aromatic nitrogens is 2. The van der Waals surface area contributed by atoms with Gasteiger partial charge < -0.3 is 19.9 Å². The van der Waals surface area contributed by atoms with Crippen LogP contribution in [0, 0.1) is 13.8 Å². The highest BCUT2D eigenvalue weighted by Crippen LogP contribution is 2.27. The lowest BCUT2D eigenvalue weighted by Gasteiger charge is -2.17. The molecule has 2 saturated heterocycles. The van der Waals surface area contributed by atoms with Crippen molar-refractivity contribution in [3.63, 3.8) is 0 Å². The van der Waals surface area contributed by atoms with Crippen LogP contribution in [-0.4, -0.2) is 64.1 Å². The molecule has 2 N–H and O–H groups in total. The molecule has 4 atom stereocenters. The van der Waals surface area contributed by atoms with Gasteiger partial charge in [-0.2, -0.15) is 5.10 Å². The summed E-state index contributed by atoms with van der Waals surface area (Å²) in [5, 5.41) is 16.9. The molecule has 8 nitrogen and oxygen atoms in total. The second-order valence-electron chi connectivity index (χ2n) is 6.41. The van der Waals surface area contributed by atoms with Gasteiger partial charge in [0.25, 0.3) is 0 Å². The number of fused-ring (bicyclic) bond motifs is 1. The fourth-order valence-electron chi connectivity index (χ4n) is 3.51. The molecule has 0 unspecified atom stereocenters. The van der Waals surface area contributed by atoms with Crippen molar-refractivity contribution in [2.24, 2.45) is 0 Å². The Labute approximate surface area is 140 Å². The molecular weight excluding hydrogens is 314 g/mol. The lowest BCUT2D eigenvalue weighted by atomic mass is 10.1. The van der Waals surface area contributed by atoms with Gasteiger partial charge in [0.05, 0.1) is 30.5 Å². The number of carbonyl (C=O) groups excluding carboxylic acids is 2. The molecule has 3 rings (SSSR count). The Morgan fingerprint density at radius 3 is 2.67 bits per heavy atom. The van der Waals surface area contributed by atoms with E-state index < -0.39 is 6.10 Å². The first-order valence-corrected chi connectivity index (χ1v) is 8.14. The van der Waals surface area contributed by atoms with Gasteiger partial charge in [-0.3, -0.25) is 14.3 Å². The number of hydrogen-bond donors (Lipinski definition) is 2. The zero-order valence-corrected chi connectivity index (χ0v) is 14.1. The molecule has 132 valence electrons. The monoisotopic (exact) mass is 337 g/mol. The highest BCUT2D eigenvalue weighted by molar-refractivity contribution is 5.96. The maximum Gasteiger partial charge on any atom is 0.222 e. The third kappa shape index (κ3) is 3.09. The maximum absolute atomic E-state index is 12.2. The summed E-state index contributed by atoms with van der Waals surface area (Å²) in [4.78, 5) is 23.8. The van der Waals surface area contributed by atoms with E-state index in [0.717, 1.165) is 5.69 Å². The molecule has 3 heterocycles. The number of aliphatic hydroxyl groups is 1. The Morgan fingerprint density at radius 1 is 1.29 bits per heavy atom. The molecule has 1 aromatic heterocycles. The average Bonchev–Trinajstić information content (AvgIpc) is 3.14. The van der Waals surface area contributed by atoms with Crippen molar-refractivity contribution >= 4 is 11.7 Å². The van der Waals surface area contributed by atoms with Gasteiger partial charge in [0, 0.05) is 18.7 Å². The van der Waals surface area contributed by atoms with Crippen LogP contribution < -0.4 is 5.32 Å². The average molecular weight is 337 g/mol. The first-order valence-electron chi connectivity index (χ1n) is 8.14. The molecule has 0 aromatic carbocycles. The second-order valence-corrected chi connectivity index (χ2v) is 6.41. The second kappa shape index (κ2) is 6.62. The van der Waals surface area contributed by atoms with E-state index in [-0.39, 0.29) is 43.0 Å². The molecule has 1 aromatic rings. The van der Waals surface area contributed by atoms with E-state index in [0.29, 0.717) is 24.4 Å². The first kappa shape index (κ1) is 17.1. The number of hydrogen-bond acceptors (Lipinski definition) is 6. The van der Waals surface area contributed by atoms with Gasteiger partial charge in [0.15, 0.2) is 5.78 Å². The van der Waals surface area contributed by atoms with Crippen LogP contribution >= 0.6 is 0 Å². The summed E-state index contributed by atoms with van der Waals surface area (Å²) in [5.41, 5.74) is 2.08. The van der Waals surface area contributed by atoms with Crippen molar-refractivity contribution in [3.8, 4) is 0 Å². The third-order valence-corrected chi connectivity index (χ3v) is 4.66. The van der Waals surface area contributed by atoms with Gasteiger partial charge in [-0.25, -0.2) is 0 Å². The molecule has 8 heteroatoms. The van der Waals surface area contributed by atoms with Crippen molar-refractivity contribution in [2.45, 2.75) is 58.1 Å². The van der Waals surface area contributed by atoms with Crippen LogP contribution in [0.25, 0.3) is 0 Å². The fraction of sp³-hybridized carbons (Fsp3) is 0.688. The van der Waals surface area contributed by atoms with Crippen molar-refractivity contribution < 1.29 is 24.2 Å². The van der Waals surface area contributed by atoms with E-state index in [1.54, 1.807) is 11.6 Å². The van der Waals surface area contributed by atoms with Gasteiger partial charge in [-0.05, 0) is 20.8 Å². The Bertz CT molecular complexity index is 656. The zero-order valence-electron chi connectivity index (χ0n) is 14.1. The molecule has 2 fully saturated rings. The Morgan fingerprint density at radius 2 is 2.00 bits per heavy atom. The lowest BCUT2D eigenvalue weighted by molar-refractivity contribution is -0.122. The number of ether oxygens (including phenoxy) is 2. The topological polar surface area (TPSA) is 103 Å². The molecule has 0 aliphatic carbocycles. The standard InChI is InChI=1S/C16H23N3O5/c1-8-14(10(3)20)9(2)19(18-8)5-4-13(22)17-11-6-23-16-12(21)7-24-15(11)16/h11-12,15-16,21H,4-7H2,1-3H3,(H,17,22)/t11-,12-,15-,16-/m1/s1. The summed E-state index contributed by atoms with van der Waals surface area (Å²) in [6.45, 7) is 6.11. The number of aryl methyl sites for hydroxylation is 2. The summed E-state index contributed by atoms with van der Waals surface area (Å²) >= 11 is 0. The minimum absolute atomic E-state index is 0.0215. The number of rotatable bonds is 5. The maximum atomic E-state index is 12.2. The zero-order chi connectivity index (χ0) is 17.4. The minimum atomic E-state index is -0.628. The van der Waals surface area contributed by atoms with Crippen molar-refractivity contribution in [1.82, 2.24) is 15.1 Å². The van der Waals surface area contributed by atoms with Crippen LogP contribution in [0.2, 0.25) is 0 Å². The van der Waals surface area contributed by atoms with E-state index in [1.807, 2.05) is 6.92 Å². The van der Waals surface area contributed by atoms with Crippen molar-refractivity contribution in [3.05, 3.63) is 17.0 Å². The highest BCUT2D eigenvalue weighted by atomic mass is 16.6. The summed E-state index contributed by atoms with van der Waals surface area (Å²) in [6, 6.07) is -0.243. The highest BCUT2D eigenvalue weighted by Gasteiger charge is 2.47. The SMILES string of the molecule is CC(=O)c1c(C)nn(CCC(=O)N[C@@H]2CO[C@H]3[C@@H]2OC[C@H]3O)c1C. The smallest absolute Gasteiger partial charge is 0.222 e. The van der Waals surface area contributed by atoms with E-state index >= 15 is 0 Å². The summed E-state index contributed by atoms with van der Waals surface area (Å²) < 4.78 is 12.7. The Kier molecular flexibility index (Phi) is 4.71. The van der Waals surface area contributed by atoms with Crippen LogP contribution in [0.15, 0.2) is 0 Å². The van der Waals surface area contributed by atoms with Crippen molar-refractivity contribution in [2.75, 3.05) is 13.2 Å². The van der Waals surface area contributed by atoms with Crippen LogP contribution in [0.1, 0.15) is 35.1 Å². The van der Waals surface area contributed by atoms with Gasteiger partial charge >= 0.3 is 0 Å². The lowest BCUT2D eigenvalue weighted by Crippen LogP contribution is -2.44. The largest absolute Gasteiger partial charge is 0.388 e. The predicted molar refractivity (Wildman–Crippen MR) is 83.7 cm³/mol. The van der Waals surface area contributed by atoms with Crippen LogP contribution in [0.3, 0.4) is 0 Å². The van der Waals surface area contributed by atoms with E-state index in [4.69, 9.17) is 9.47 Å². The third-order valence-electron chi connectivity index (χ3n) is 4.66. The van der Waals surface area contributed by atoms with E-state index in [1.165, 1.54) is 6.92 Å². The van der Waals surface area contributed by atoms with Crippen LogP contribution in [-0.2, 0) is 20.8 Å². The molecule has 2 aliphatic rings. The number of nitrogens with zero attached hydrogens (tertiary/aromatic N) is 2. The number of aliphatic hydroxyl groups excluding tert-OH is 1. The molecule has 0 radical (unpaired) electrons. The first-order chi connectivity index (χ1) is 11.4.